The summed E-state index contributed by atoms with van der Waals surface area (Å²) in [5, 5.41) is 8.52. The molecular weight excluding hydrogens is 449 g/mol. The fraction of sp³-hybridized carbons (Fsp3) is 0.320. The number of halogens is 1. The van der Waals surface area contributed by atoms with Crippen LogP contribution in [0.4, 0.5) is 10.2 Å². The fourth-order valence-electron chi connectivity index (χ4n) is 4.28. The molecule has 1 saturated heterocycles. The molecule has 3 aromatic heterocycles. The first-order chi connectivity index (χ1) is 17.0. The van der Waals surface area contributed by atoms with Gasteiger partial charge in [0.1, 0.15) is 17.3 Å². The molecule has 0 unspecified atom stereocenters. The predicted octanol–water partition coefficient (Wildman–Crippen LogP) is 3.51. The summed E-state index contributed by atoms with van der Waals surface area (Å²) in [7, 11) is 1.75. The summed E-state index contributed by atoms with van der Waals surface area (Å²) in [6.45, 7) is 2.51. The van der Waals surface area contributed by atoms with Gasteiger partial charge in [-0.25, -0.2) is 9.37 Å². The van der Waals surface area contributed by atoms with E-state index in [9.17, 15) is 9.18 Å². The molecule has 1 saturated carbocycles. The van der Waals surface area contributed by atoms with Crippen molar-refractivity contribution in [2.24, 2.45) is 7.05 Å². The van der Waals surface area contributed by atoms with Crippen LogP contribution in [0.3, 0.4) is 0 Å². The highest BCUT2D eigenvalue weighted by atomic mass is 19.1. The van der Waals surface area contributed by atoms with Crippen LogP contribution in [0.5, 0.6) is 0 Å². The molecule has 4 heterocycles. The van der Waals surface area contributed by atoms with Crippen LogP contribution in [0.2, 0.25) is 0 Å². The number of amides is 1. The molecular formula is C25H24FN7O2. The van der Waals surface area contributed by atoms with Crippen molar-refractivity contribution in [2.75, 3.05) is 31.1 Å². The van der Waals surface area contributed by atoms with Crippen LogP contribution in [0, 0.1) is 5.82 Å². The molecule has 1 aliphatic heterocycles. The Labute approximate surface area is 201 Å². The molecule has 35 heavy (non-hydrogen) atoms. The molecule has 0 spiro atoms. The van der Waals surface area contributed by atoms with Gasteiger partial charge in [-0.3, -0.25) is 9.48 Å². The Morgan fingerprint density at radius 2 is 1.77 bits per heavy atom. The summed E-state index contributed by atoms with van der Waals surface area (Å²) in [5.74, 6) is 2.18. The highest BCUT2D eigenvalue weighted by molar-refractivity contribution is 5.94. The van der Waals surface area contributed by atoms with Crippen molar-refractivity contribution in [3.05, 3.63) is 66.1 Å². The number of carbonyl (C=O) groups is 1. The Morgan fingerprint density at radius 1 is 1.03 bits per heavy atom. The van der Waals surface area contributed by atoms with Crippen molar-refractivity contribution >= 4 is 11.7 Å². The largest absolute Gasteiger partial charge is 0.353 e. The lowest BCUT2D eigenvalue weighted by molar-refractivity contribution is 0.0735. The highest BCUT2D eigenvalue weighted by Crippen LogP contribution is 2.39. The minimum Gasteiger partial charge on any atom is -0.353 e. The van der Waals surface area contributed by atoms with Gasteiger partial charge >= 0.3 is 0 Å². The van der Waals surface area contributed by atoms with Gasteiger partial charge in [0.2, 0.25) is 11.7 Å². The molecule has 1 aliphatic carbocycles. The van der Waals surface area contributed by atoms with Crippen LogP contribution >= 0.6 is 0 Å². The Kier molecular flexibility index (Phi) is 5.28. The van der Waals surface area contributed by atoms with E-state index in [1.54, 1.807) is 36.1 Å². The van der Waals surface area contributed by atoms with Crippen molar-refractivity contribution in [1.29, 1.82) is 0 Å². The Morgan fingerprint density at radius 3 is 2.46 bits per heavy atom. The second kappa shape index (κ2) is 8.61. The molecule has 178 valence electrons. The lowest BCUT2D eigenvalue weighted by Gasteiger charge is -2.35. The normalized spacial score (nSPS) is 16.1. The number of hydrogen-bond acceptors (Lipinski definition) is 7. The summed E-state index contributed by atoms with van der Waals surface area (Å²) < 4.78 is 20.2. The molecule has 0 bridgehead atoms. The number of rotatable bonds is 5. The van der Waals surface area contributed by atoms with E-state index < -0.39 is 0 Å². The summed E-state index contributed by atoms with van der Waals surface area (Å²) in [6, 6.07) is 11.8. The highest BCUT2D eigenvalue weighted by Gasteiger charge is 2.30. The number of hydrogen-bond donors (Lipinski definition) is 0. The molecule has 4 aromatic rings. The first-order valence-electron chi connectivity index (χ1n) is 11.7. The molecule has 9 nitrogen and oxygen atoms in total. The zero-order valence-electron chi connectivity index (χ0n) is 19.3. The van der Waals surface area contributed by atoms with Gasteiger partial charge in [0.15, 0.2) is 0 Å². The van der Waals surface area contributed by atoms with Crippen LogP contribution in [-0.4, -0.2) is 61.9 Å². The Hall–Kier alpha value is -4.08. The second-order valence-corrected chi connectivity index (χ2v) is 8.96. The zero-order chi connectivity index (χ0) is 23.9. The van der Waals surface area contributed by atoms with Gasteiger partial charge in [-0.15, -0.1) is 0 Å². The van der Waals surface area contributed by atoms with Crippen LogP contribution in [0.1, 0.15) is 35.1 Å². The van der Waals surface area contributed by atoms with E-state index in [1.807, 2.05) is 17.0 Å². The SMILES string of the molecule is Cn1nc(-c2ccc(F)cc2)cc1C(=O)N1CCN(c2ccc(-c3noc(C4CC4)n3)cn2)CC1. The molecule has 2 fully saturated rings. The molecule has 0 N–H and O–H groups in total. The number of aryl methyl sites for hydroxylation is 1. The third kappa shape index (κ3) is 4.27. The Balaban J connectivity index is 1.09. The quantitative estimate of drug-likeness (QED) is 0.438. The standard InChI is InChI=1S/C25H24FN7O2/c1-31-21(14-20(29-31)16-4-7-19(26)8-5-16)25(34)33-12-10-32(11-13-33)22-9-6-18(15-27-22)23-28-24(35-30-23)17-2-3-17/h4-9,14-15,17H,2-3,10-13H2,1H3. The number of anilines is 1. The van der Waals surface area contributed by atoms with Crippen LogP contribution in [0.25, 0.3) is 22.6 Å². The number of aromatic nitrogens is 5. The van der Waals surface area contributed by atoms with Crippen molar-refractivity contribution in [3.8, 4) is 22.6 Å². The van der Waals surface area contributed by atoms with Gasteiger partial charge in [-0.1, -0.05) is 5.16 Å². The zero-order valence-corrected chi connectivity index (χ0v) is 19.3. The average molecular weight is 474 g/mol. The summed E-state index contributed by atoms with van der Waals surface area (Å²) in [4.78, 5) is 26.2. The number of benzene rings is 1. The van der Waals surface area contributed by atoms with Crippen molar-refractivity contribution in [1.82, 2.24) is 29.8 Å². The number of piperazine rings is 1. The van der Waals surface area contributed by atoms with Gasteiger partial charge in [-0.05, 0) is 55.3 Å². The molecule has 0 radical (unpaired) electrons. The third-order valence-electron chi connectivity index (χ3n) is 6.50. The third-order valence-corrected chi connectivity index (χ3v) is 6.50. The molecule has 10 heteroatoms. The van der Waals surface area contributed by atoms with Crippen molar-refractivity contribution < 1.29 is 13.7 Å². The van der Waals surface area contributed by atoms with Crippen LogP contribution < -0.4 is 4.90 Å². The first kappa shape index (κ1) is 21.5. The molecule has 2 aliphatic rings. The average Bonchev–Trinajstić information content (AvgIpc) is 3.49. The maximum atomic E-state index is 13.2. The van der Waals surface area contributed by atoms with Crippen LogP contribution in [0.15, 0.2) is 53.2 Å². The minimum atomic E-state index is -0.305. The van der Waals surface area contributed by atoms with E-state index in [0.29, 0.717) is 55.2 Å². The molecule has 1 aromatic carbocycles. The summed E-state index contributed by atoms with van der Waals surface area (Å²) in [5.41, 5.74) is 2.74. The van der Waals surface area contributed by atoms with E-state index in [0.717, 1.165) is 29.8 Å². The maximum absolute atomic E-state index is 13.2. The maximum Gasteiger partial charge on any atom is 0.272 e. The number of pyridine rings is 1. The molecule has 0 atom stereocenters. The van der Waals surface area contributed by atoms with Crippen LogP contribution in [-0.2, 0) is 7.05 Å². The minimum absolute atomic E-state index is 0.0695. The smallest absolute Gasteiger partial charge is 0.272 e. The van der Waals surface area contributed by atoms with E-state index in [1.165, 1.54) is 12.1 Å². The fourth-order valence-corrected chi connectivity index (χ4v) is 4.28. The van der Waals surface area contributed by atoms with E-state index in [4.69, 9.17) is 4.52 Å². The topological polar surface area (TPSA) is 93.2 Å². The lowest BCUT2D eigenvalue weighted by Crippen LogP contribution is -2.49. The van der Waals surface area contributed by atoms with Gasteiger partial charge in [0.25, 0.3) is 5.91 Å². The summed E-state index contributed by atoms with van der Waals surface area (Å²) in [6.07, 6.45) is 3.99. The summed E-state index contributed by atoms with van der Waals surface area (Å²) >= 11 is 0. The van der Waals surface area contributed by atoms with E-state index >= 15 is 0 Å². The number of carbonyl (C=O) groups excluding carboxylic acids is 1. The molecule has 6 rings (SSSR count). The lowest BCUT2D eigenvalue weighted by atomic mass is 10.1. The first-order valence-corrected chi connectivity index (χ1v) is 11.7. The van der Waals surface area contributed by atoms with E-state index in [2.05, 4.69) is 25.1 Å². The monoisotopic (exact) mass is 473 g/mol. The predicted molar refractivity (Wildman–Crippen MR) is 126 cm³/mol. The second-order valence-electron chi connectivity index (χ2n) is 8.96. The van der Waals surface area contributed by atoms with Crippen molar-refractivity contribution in [2.45, 2.75) is 18.8 Å². The van der Waals surface area contributed by atoms with Gasteiger partial charge < -0.3 is 14.3 Å². The van der Waals surface area contributed by atoms with Crippen molar-refractivity contribution in [3.63, 3.8) is 0 Å². The van der Waals surface area contributed by atoms with Gasteiger partial charge in [0, 0.05) is 56.5 Å². The van der Waals surface area contributed by atoms with Gasteiger partial charge in [0.05, 0.1) is 5.69 Å². The van der Waals surface area contributed by atoms with Gasteiger partial charge in [-0.2, -0.15) is 10.1 Å². The van der Waals surface area contributed by atoms with E-state index in [-0.39, 0.29) is 11.7 Å². The number of nitrogens with zero attached hydrogens (tertiary/aromatic N) is 7. The molecule has 1 amide bonds. The Bertz CT molecular complexity index is 1350.